The van der Waals surface area contributed by atoms with Crippen molar-refractivity contribution in [1.82, 2.24) is 0 Å². The molecular formula is C2H11BOS. The third-order valence-electron chi connectivity index (χ3n) is 0. The van der Waals surface area contributed by atoms with Crippen LogP contribution in [-0.2, 0) is 0 Å². The van der Waals surface area contributed by atoms with Crippen LogP contribution in [0.3, 0.4) is 0 Å². The number of aliphatic hydroxyl groups is 1. The summed E-state index contributed by atoms with van der Waals surface area (Å²) in [5.74, 6) is 0. The Kier molecular flexibility index (Phi) is 96.2. The first-order valence-electron chi connectivity index (χ1n) is 1.02. The molecule has 0 aliphatic carbocycles. The van der Waals surface area contributed by atoms with Gasteiger partial charge in [-0.15, -0.1) is 0 Å². The van der Waals surface area contributed by atoms with E-state index in [0.717, 1.165) is 0 Å². The summed E-state index contributed by atoms with van der Waals surface area (Å²) in [5.41, 5.74) is 0. The van der Waals surface area contributed by atoms with Crippen LogP contribution in [0.4, 0.5) is 0 Å². The lowest BCUT2D eigenvalue weighted by Gasteiger charge is -1.52. The second kappa shape index (κ2) is 26.4. The SMILES string of the molecule is B.CCO.S. The Labute approximate surface area is 41.4 Å². The van der Waals surface area contributed by atoms with Gasteiger partial charge < -0.3 is 5.11 Å². The molecule has 0 aromatic rings. The molecule has 0 amide bonds. The molecule has 0 rings (SSSR count). The van der Waals surface area contributed by atoms with Crippen molar-refractivity contribution < 1.29 is 5.11 Å². The highest BCUT2D eigenvalue weighted by Crippen LogP contribution is 1.30. The highest BCUT2D eigenvalue weighted by atomic mass is 32.1. The molecule has 1 N–H and O–H groups in total. The van der Waals surface area contributed by atoms with E-state index in [2.05, 4.69) is 0 Å². The molecule has 0 saturated carbocycles. The van der Waals surface area contributed by atoms with Crippen LogP contribution in [0.1, 0.15) is 6.92 Å². The van der Waals surface area contributed by atoms with E-state index < -0.39 is 0 Å². The fraction of sp³-hybridized carbons (Fsp3) is 1.00. The van der Waals surface area contributed by atoms with E-state index in [9.17, 15) is 0 Å². The molecule has 5 heavy (non-hydrogen) atoms. The summed E-state index contributed by atoms with van der Waals surface area (Å²) in [6.07, 6.45) is 0. The van der Waals surface area contributed by atoms with E-state index in [1.165, 1.54) is 0 Å². The average Bonchev–Trinajstić information content (AvgIpc) is 0.918. The van der Waals surface area contributed by atoms with Crippen molar-refractivity contribution in [2.24, 2.45) is 0 Å². The second-order valence-electron chi connectivity index (χ2n) is 0.316. The average molecular weight is 94.0 g/mol. The molecule has 0 spiro atoms. The topological polar surface area (TPSA) is 20.2 Å². The predicted octanol–water partition coefficient (Wildman–Crippen LogP) is -1.07. The van der Waals surface area contributed by atoms with E-state index in [-0.39, 0.29) is 28.5 Å². The van der Waals surface area contributed by atoms with Crippen LogP contribution in [0, 0.1) is 0 Å². The van der Waals surface area contributed by atoms with E-state index in [4.69, 9.17) is 5.11 Å². The zero-order valence-corrected chi connectivity index (χ0v) is 3.65. The first-order chi connectivity index (χ1) is 1.41. The number of aliphatic hydroxyl groups excluding tert-OH is 1. The Bertz CT molecular complexity index is 9.61. The lowest BCUT2D eigenvalue weighted by molar-refractivity contribution is 0.318. The summed E-state index contributed by atoms with van der Waals surface area (Å²) in [7, 11) is 0. The van der Waals surface area contributed by atoms with Crippen LogP contribution in [0.2, 0.25) is 0 Å². The second-order valence-corrected chi connectivity index (χ2v) is 0.316. The van der Waals surface area contributed by atoms with E-state index in [1.807, 2.05) is 0 Å². The smallest absolute Gasteiger partial charge is 0.0814 e. The maximum absolute atomic E-state index is 7.57. The van der Waals surface area contributed by atoms with Crippen molar-refractivity contribution in [3.8, 4) is 0 Å². The normalized spacial score (nSPS) is 3.60. The Morgan fingerprint density at radius 3 is 1.60 bits per heavy atom. The van der Waals surface area contributed by atoms with Gasteiger partial charge in [0.15, 0.2) is 0 Å². The van der Waals surface area contributed by atoms with E-state index in [0.29, 0.717) is 0 Å². The maximum atomic E-state index is 7.57. The van der Waals surface area contributed by atoms with Gasteiger partial charge in [-0.3, -0.25) is 0 Å². The van der Waals surface area contributed by atoms with Crippen LogP contribution in [0.15, 0.2) is 0 Å². The first kappa shape index (κ1) is 18.2. The van der Waals surface area contributed by atoms with Crippen LogP contribution in [0.5, 0.6) is 0 Å². The number of hydrogen-bond donors (Lipinski definition) is 1. The zero-order chi connectivity index (χ0) is 2.71. The number of hydrogen-bond acceptors (Lipinski definition) is 1. The largest absolute Gasteiger partial charge is 0.397 e. The summed E-state index contributed by atoms with van der Waals surface area (Å²) >= 11 is 0. The lowest BCUT2D eigenvalue weighted by Crippen LogP contribution is -1.57. The summed E-state index contributed by atoms with van der Waals surface area (Å²) in [6.45, 7) is 1.93. The molecule has 1 nitrogen and oxygen atoms in total. The zero-order valence-electron chi connectivity index (χ0n) is 2.65. The van der Waals surface area contributed by atoms with Crippen molar-refractivity contribution in [3.05, 3.63) is 0 Å². The molecule has 0 aromatic heterocycles. The van der Waals surface area contributed by atoms with Gasteiger partial charge in [-0.25, -0.2) is 0 Å². The molecule has 34 valence electrons. The standard InChI is InChI=1S/C2H6O.BH3.H2S/c1-2-3;;/h3H,2H2,1H3;1H3;1H2. The third-order valence-corrected chi connectivity index (χ3v) is 0. The Morgan fingerprint density at radius 2 is 1.60 bits per heavy atom. The molecule has 0 bridgehead atoms. The van der Waals surface area contributed by atoms with Crippen LogP contribution in [-0.4, -0.2) is 20.1 Å². The third kappa shape index (κ3) is 176. The van der Waals surface area contributed by atoms with Gasteiger partial charge in [-0.2, -0.15) is 13.5 Å². The van der Waals surface area contributed by atoms with Gasteiger partial charge in [0.1, 0.15) is 0 Å². The number of rotatable bonds is 0. The molecule has 3 heteroatoms. The lowest BCUT2D eigenvalue weighted by atomic mass is 10.8. The summed E-state index contributed by atoms with van der Waals surface area (Å²) < 4.78 is 0. The van der Waals surface area contributed by atoms with Crippen LogP contribution in [0.25, 0.3) is 0 Å². The molecule has 0 atom stereocenters. The first-order valence-corrected chi connectivity index (χ1v) is 1.02. The molecule has 0 aromatic carbocycles. The Morgan fingerprint density at radius 1 is 1.60 bits per heavy atom. The summed E-state index contributed by atoms with van der Waals surface area (Å²) in [4.78, 5) is 0. The van der Waals surface area contributed by atoms with Crippen LogP contribution < -0.4 is 0 Å². The molecule has 0 aliphatic heterocycles. The summed E-state index contributed by atoms with van der Waals surface area (Å²) in [6, 6.07) is 0. The van der Waals surface area contributed by atoms with Gasteiger partial charge in [0, 0.05) is 6.61 Å². The van der Waals surface area contributed by atoms with Crippen molar-refractivity contribution in [1.29, 1.82) is 0 Å². The van der Waals surface area contributed by atoms with Gasteiger partial charge in [-0.05, 0) is 6.92 Å². The van der Waals surface area contributed by atoms with Gasteiger partial charge >= 0.3 is 0 Å². The predicted molar refractivity (Wildman–Crippen MR) is 33.1 cm³/mol. The van der Waals surface area contributed by atoms with Crippen molar-refractivity contribution >= 4 is 21.9 Å². The molecule has 0 aliphatic rings. The molecule has 0 heterocycles. The Balaban J connectivity index is -0.0000000200. The van der Waals surface area contributed by atoms with E-state index >= 15 is 0 Å². The molecular weight excluding hydrogens is 82.9 g/mol. The monoisotopic (exact) mass is 94.1 g/mol. The van der Waals surface area contributed by atoms with Crippen molar-refractivity contribution in [2.75, 3.05) is 6.61 Å². The fourth-order valence-corrected chi connectivity index (χ4v) is 0. The maximum Gasteiger partial charge on any atom is 0.0814 e. The fourth-order valence-electron chi connectivity index (χ4n) is 0. The minimum absolute atomic E-state index is 0. The van der Waals surface area contributed by atoms with E-state index in [1.54, 1.807) is 6.92 Å². The Hall–Kier alpha value is 0.375. The van der Waals surface area contributed by atoms with Gasteiger partial charge in [0.25, 0.3) is 0 Å². The van der Waals surface area contributed by atoms with Crippen molar-refractivity contribution in [3.63, 3.8) is 0 Å². The summed E-state index contributed by atoms with van der Waals surface area (Å²) in [5, 5.41) is 7.57. The highest BCUT2D eigenvalue weighted by Gasteiger charge is 1.34. The van der Waals surface area contributed by atoms with Gasteiger partial charge in [0.05, 0.1) is 8.41 Å². The highest BCUT2D eigenvalue weighted by molar-refractivity contribution is 7.59. The van der Waals surface area contributed by atoms with Gasteiger partial charge in [-0.1, -0.05) is 0 Å². The van der Waals surface area contributed by atoms with Gasteiger partial charge in [0.2, 0.25) is 0 Å². The molecule has 0 fully saturated rings. The quantitative estimate of drug-likeness (QED) is 0.379. The minimum Gasteiger partial charge on any atom is -0.397 e. The minimum atomic E-state index is 0. The van der Waals surface area contributed by atoms with Crippen molar-refractivity contribution in [2.45, 2.75) is 6.92 Å². The molecule has 0 radical (unpaired) electrons. The molecule has 0 saturated heterocycles. The van der Waals surface area contributed by atoms with Crippen LogP contribution >= 0.6 is 13.5 Å². The molecule has 0 unspecified atom stereocenters.